The highest BCUT2D eigenvalue weighted by Crippen LogP contribution is 2.26. The number of aryl methyl sites for hydroxylation is 2. The first-order valence-electron chi connectivity index (χ1n) is 4.43. The number of rotatable bonds is 2. The number of halogens is 1. The molecular formula is C11H13BrO2. The normalized spacial score (nSPS) is 12.6. The minimum absolute atomic E-state index is 0.452. The van der Waals surface area contributed by atoms with Crippen molar-refractivity contribution in [2.24, 2.45) is 0 Å². The topological polar surface area (TPSA) is 37.3 Å². The van der Waals surface area contributed by atoms with E-state index in [1.807, 2.05) is 26.0 Å². The molecule has 1 unspecified atom stereocenters. The van der Waals surface area contributed by atoms with Gasteiger partial charge in [-0.25, -0.2) is 0 Å². The zero-order valence-corrected chi connectivity index (χ0v) is 10.1. The first-order chi connectivity index (χ1) is 6.43. The van der Waals surface area contributed by atoms with Crippen molar-refractivity contribution in [3.8, 4) is 0 Å². The molecule has 0 aromatic heterocycles. The van der Waals surface area contributed by atoms with E-state index in [9.17, 15) is 4.79 Å². The smallest absolute Gasteiger partial charge is 0.310 e. The first-order valence-corrected chi connectivity index (χ1v) is 5.22. The van der Waals surface area contributed by atoms with Gasteiger partial charge in [0, 0.05) is 4.47 Å². The summed E-state index contributed by atoms with van der Waals surface area (Å²) in [4.78, 5) is 10.8. The summed E-state index contributed by atoms with van der Waals surface area (Å²) in [5, 5.41) is 8.90. The Balaban J connectivity index is 3.22. The molecule has 0 saturated heterocycles. The van der Waals surface area contributed by atoms with E-state index in [1.54, 1.807) is 6.92 Å². The highest BCUT2D eigenvalue weighted by molar-refractivity contribution is 9.10. The van der Waals surface area contributed by atoms with Gasteiger partial charge in [0.1, 0.15) is 0 Å². The Morgan fingerprint density at radius 2 is 1.93 bits per heavy atom. The van der Waals surface area contributed by atoms with Crippen LogP contribution in [0.25, 0.3) is 0 Å². The van der Waals surface area contributed by atoms with E-state index in [4.69, 9.17) is 5.11 Å². The summed E-state index contributed by atoms with van der Waals surface area (Å²) in [6, 6.07) is 3.89. The third kappa shape index (κ3) is 2.15. The average Bonchev–Trinajstić information content (AvgIpc) is 2.10. The van der Waals surface area contributed by atoms with Crippen molar-refractivity contribution in [1.29, 1.82) is 0 Å². The molecule has 14 heavy (non-hydrogen) atoms. The average molecular weight is 257 g/mol. The van der Waals surface area contributed by atoms with E-state index in [0.717, 1.165) is 21.2 Å². The fourth-order valence-corrected chi connectivity index (χ4v) is 1.80. The number of hydrogen-bond acceptors (Lipinski definition) is 1. The predicted molar refractivity (Wildman–Crippen MR) is 59.7 cm³/mol. The SMILES string of the molecule is Cc1cc(C)c(C(C)C(=O)O)cc1Br. The quantitative estimate of drug-likeness (QED) is 0.882. The van der Waals surface area contributed by atoms with Crippen LogP contribution in [0.5, 0.6) is 0 Å². The molecule has 0 aliphatic rings. The molecule has 1 rings (SSSR count). The summed E-state index contributed by atoms with van der Waals surface area (Å²) in [7, 11) is 0. The molecule has 0 saturated carbocycles. The largest absolute Gasteiger partial charge is 0.481 e. The third-order valence-electron chi connectivity index (χ3n) is 2.38. The number of benzene rings is 1. The monoisotopic (exact) mass is 256 g/mol. The molecule has 0 amide bonds. The van der Waals surface area contributed by atoms with Gasteiger partial charge in [-0.3, -0.25) is 4.79 Å². The fraction of sp³-hybridized carbons (Fsp3) is 0.364. The number of aliphatic carboxylic acids is 1. The lowest BCUT2D eigenvalue weighted by atomic mass is 9.95. The number of carbonyl (C=O) groups is 1. The Hall–Kier alpha value is -0.830. The lowest BCUT2D eigenvalue weighted by molar-refractivity contribution is -0.138. The molecular weight excluding hydrogens is 244 g/mol. The summed E-state index contributed by atoms with van der Waals surface area (Å²) < 4.78 is 0.964. The van der Waals surface area contributed by atoms with Crippen LogP contribution in [0.15, 0.2) is 16.6 Å². The van der Waals surface area contributed by atoms with Crippen molar-refractivity contribution in [2.45, 2.75) is 26.7 Å². The van der Waals surface area contributed by atoms with Gasteiger partial charge in [0.2, 0.25) is 0 Å². The van der Waals surface area contributed by atoms with Crippen LogP contribution in [0, 0.1) is 13.8 Å². The molecule has 0 aliphatic carbocycles. The second-order valence-corrected chi connectivity index (χ2v) is 4.37. The van der Waals surface area contributed by atoms with Crippen molar-refractivity contribution >= 4 is 21.9 Å². The summed E-state index contributed by atoms with van der Waals surface area (Å²) in [5.41, 5.74) is 3.03. The van der Waals surface area contributed by atoms with Crippen LogP contribution in [0.3, 0.4) is 0 Å². The van der Waals surface area contributed by atoms with Gasteiger partial charge in [-0.2, -0.15) is 0 Å². The summed E-state index contributed by atoms with van der Waals surface area (Å²) in [6.07, 6.45) is 0. The Morgan fingerprint density at radius 1 is 1.36 bits per heavy atom. The Kier molecular flexibility index (Phi) is 3.32. The second kappa shape index (κ2) is 4.13. The van der Waals surface area contributed by atoms with Gasteiger partial charge < -0.3 is 5.11 Å². The summed E-state index contributed by atoms with van der Waals surface area (Å²) in [6.45, 7) is 5.63. The van der Waals surface area contributed by atoms with Crippen molar-refractivity contribution in [3.05, 3.63) is 33.3 Å². The maximum atomic E-state index is 10.8. The van der Waals surface area contributed by atoms with Crippen molar-refractivity contribution in [3.63, 3.8) is 0 Å². The van der Waals surface area contributed by atoms with Crippen LogP contribution in [0.1, 0.15) is 29.5 Å². The van der Waals surface area contributed by atoms with Crippen LogP contribution in [0.2, 0.25) is 0 Å². The molecule has 1 atom stereocenters. The van der Waals surface area contributed by atoms with E-state index >= 15 is 0 Å². The van der Waals surface area contributed by atoms with Gasteiger partial charge in [0.25, 0.3) is 0 Å². The molecule has 76 valence electrons. The Bertz CT molecular complexity index is 372. The van der Waals surface area contributed by atoms with Gasteiger partial charge in [0.05, 0.1) is 5.92 Å². The maximum absolute atomic E-state index is 10.8. The van der Waals surface area contributed by atoms with Gasteiger partial charge in [0.15, 0.2) is 0 Å². The van der Waals surface area contributed by atoms with Crippen LogP contribution >= 0.6 is 15.9 Å². The standard InChI is InChI=1S/C11H13BrO2/c1-6-4-7(2)10(12)5-9(6)8(3)11(13)14/h4-5,8H,1-3H3,(H,13,14). The number of carboxylic acids is 1. The molecule has 0 radical (unpaired) electrons. The molecule has 0 aliphatic heterocycles. The van der Waals surface area contributed by atoms with E-state index in [-0.39, 0.29) is 0 Å². The molecule has 1 N–H and O–H groups in total. The molecule has 3 heteroatoms. The molecule has 0 heterocycles. The minimum Gasteiger partial charge on any atom is -0.481 e. The van der Waals surface area contributed by atoms with E-state index in [1.165, 1.54) is 0 Å². The first kappa shape index (κ1) is 11.2. The molecule has 2 nitrogen and oxygen atoms in total. The maximum Gasteiger partial charge on any atom is 0.310 e. The predicted octanol–water partition coefficient (Wildman–Crippen LogP) is 3.25. The Morgan fingerprint density at radius 3 is 2.43 bits per heavy atom. The van der Waals surface area contributed by atoms with Crippen molar-refractivity contribution in [2.75, 3.05) is 0 Å². The van der Waals surface area contributed by atoms with E-state index < -0.39 is 11.9 Å². The van der Waals surface area contributed by atoms with Gasteiger partial charge in [-0.1, -0.05) is 22.0 Å². The second-order valence-electron chi connectivity index (χ2n) is 3.52. The van der Waals surface area contributed by atoms with Gasteiger partial charge in [-0.15, -0.1) is 0 Å². The van der Waals surface area contributed by atoms with Crippen LogP contribution in [-0.4, -0.2) is 11.1 Å². The molecule has 1 aromatic rings. The van der Waals surface area contributed by atoms with E-state index in [2.05, 4.69) is 15.9 Å². The summed E-state index contributed by atoms with van der Waals surface area (Å²) in [5.74, 6) is -1.24. The minimum atomic E-state index is -0.788. The highest BCUT2D eigenvalue weighted by atomic mass is 79.9. The zero-order valence-electron chi connectivity index (χ0n) is 8.47. The van der Waals surface area contributed by atoms with Crippen molar-refractivity contribution < 1.29 is 9.90 Å². The lowest BCUT2D eigenvalue weighted by Gasteiger charge is -2.12. The molecule has 1 aromatic carbocycles. The van der Waals surface area contributed by atoms with Gasteiger partial charge >= 0.3 is 5.97 Å². The highest BCUT2D eigenvalue weighted by Gasteiger charge is 2.16. The lowest BCUT2D eigenvalue weighted by Crippen LogP contribution is -2.09. The molecule has 0 spiro atoms. The number of carboxylic acid groups (broad SMARTS) is 1. The molecule has 0 fully saturated rings. The zero-order chi connectivity index (χ0) is 10.9. The summed E-state index contributed by atoms with van der Waals surface area (Å²) >= 11 is 3.40. The van der Waals surface area contributed by atoms with Gasteiger partial charge in [-0.05, 0) is 43.5 Å². The molecule has 0 bridgehead atoms. The Labute approximate surface area is 92.1 Å². The van der Waals surface area contributed by atoms with Crippen LogP contribution < -0.4 is 0 Å². The number of hydrogen-bond donors (Lipinski definition) is 1. The van der Waals surface area contributed by atoms with Crippen LogP contribution in [0.4, 0.5) is 0 Å². The van der Waals surface area contributed by atoms with E-state index in [0.29, 0.717) is 0 Å². The third-order valence-corrected chi connectivity index (χ3v) is 3.24. The fourth-order valence-electron chi connectivity index (χ4n) is 1.44. The van der Waals surface area contributed by atoms with Crippen molar-refractivity contribution in [1.82, 2.24) is 0 Å². The van der Waals surface area contributed by atoms with Crippen LogP contribution in [-0.2, 0) is 4.79 Å².